The van der Waals surface area contributed by atoms with Gasteiger partial charge in [-0.15, -0.1) is 0 Å². The van der Waals surface area contributed by atoms with Crippen molar-refractivity contribution in [3.8, 4) is 0 Å². The molecule has 20 heavy (non-hydrogen) atoms. The molecule has 106 valence electrons. The first kappa shape index (κ1) is 13.7. The molecule has 1 saturated carbocycles. The molecule has 1 aromatic heterocycles. The van der Waals surface area contributed by atoms with Crippen LogP contribution in [0.5, 0.6) is 0 Å². The Balaban J connectivity index is 1.99. The number of methoxy groups -OCH3 is 1. The number of ether oxygens (including phenoxy) is 1. The molecule has 4 heteroatoms. The number of esters is 1. The van der Waals surface area contributed by atoms with Gasteiger partial charge in [0.15, 0.2) is 0 Å². The molecule has 0 aliphatic heterocycles. The maximum atomic E-state index is 11.6. The lowest BCUT2D eigenvalue weighted by molar-refractivity contribution is 0.0601. The van der Waals surface area contributed by atoms with Crippen molar-refractivity contribution in [2.24, 2.45) is 0 Å². The number of fused-ring (bicyclic) bond motifs is 1. The highest BCUT2D eigenvalue weighted by Crippen LogP contribution is 2.40. The van der Waals surface area contributed by atoms with Crippen LogP contribution in [0.1, 0.15) is 47.5 Å². The fraction of sp³-hybridized carbons (Fsp3) is 0.438. The molecule has 1 N–H and O–H groups in total. The zero-order chi connectivity index (χ0) is 14.1. The van der Waals surface area contributed by atoms with Crippen molar-refractivity contribution in [1.29, 1.82) is 0 Å². The van der Waals surface area contributed by atoms with Crippen molar-refractivity contribution in [2.45, 2.75) is 36.4 Å². The Morgan fingerprint density at radius 1 is 1.35 bits per heavy atom. The SMILES string of the molecule is COC(=O)c1ccc2c(C3CCCCC3Br)c[nH]c2c1. The van der Waals surface area contributed by atoms with Crippen LogP contribution in [0.4, 0.5) is 0 Å². The Bertz CT molecular complexity index is 634. The van der Waals surface area contributed by atoms with E-state index in [9.17, 15) is 4.79 Å². The van der Waals surface area contributed by atoms with Gasteiger partial charge in [0.1, 0.15) is 0 Å². The van der Waals surface area contributed by atoms with Crippen molar-refractivity contribution in [2.75, 3.05) is 7.11 Å². The summed E-state index contributed by atoms with van der Waals surface area (Å²) in [6.07, 6.45) is 7.15. The summed E-state index contributed by atoms with van der Waals surface area (Å²) in [4.78, 5) is 15.4. The highest BCUT2D eigenvalue weighted by atomic mass is 79.9. The van der Waals surface area contributed by atoms with E-state index in [2.05, 4.69) is 27.1 Å². The van der Waals surface area contributed by atoms with Crippen molar-refractivity contribution in [1.82, 2.24) is 4.98 Å². The second kappa shape index (κ2) is 5.60. The number of carbonyl (C=O) groups is 1. The summed E-state index contributed by atoms with van der Waals surface area (Å²) in [6.45, 7) is 0. The number of alkyl halides is 1. The average molecular weight is 336 g/mol. The fourth-order valence-corrected chi connectivity index (χ4v) is 4.01. The smallest absolute Gasteiger partial charge is 0.337 e. The van der Waals surface area contributed by atoms with E-state index in [0.29, 0.717) is 16.3 Å². The topological polar surface area (TPSA) is 42.1 Å². The highest BCUT2D eigenvalue weighted by molar-refractivity contribution is 9.09. The van der Waals surface area contributed by atoms with E-state index in [1.807, 2.05) is 18.2 Å². The van der Waals surface area contributed by atoms with E-state index in [1.54, 1.807) is 0 Å². The van der Waals surface area contributed by atoms with Crippen LogP contribution < -0.4 is 0 Å². The van der Waals surface area contributed by atoms with Gasteiger partial charge in [0.05, 0.1) is 12.7 Å². The first-order valence-corrected chi connectivity index (χ1v) is 7.95. The van der Waals surface area contributed by atoms with Gasteiger partial charge in [0.2, 0.25) is 0 Å². The number of carbonyl (C=O) groups excluding carboxylic acids is 1. The van der Waals surface area contributed by atoms with Crippen molar-refractivity contribution < 1.29 is 9.53 Å². The third kappa shape index (κ3) is 2.37. The summed E-state index contributed by atoms with van der Waals surface area (Å²) in [5, 5.41) is 1.22. The summed E-state index contributed by atoms with van der Waals surface area (Å²) in [5.74, 6) is 0.264. The molecule has 3 rings (SSSR count). The Morgan fingerprint density at radius 3 is 2.90 bits per heavy atom. The van der Waals surface area contributed by atoms with E-state index in [4.69, 9.17) is 4.74 Å². The van der Waals surface area contributed by atoms with Gasteiger partial charge in [0, 0.05) is 21.9 Å². The van der Waals surface area contributed by atoms with E-state index >= 15 is 0 Å². The van der Waals surface area contributed by atoms with Crippen molar-refractivity contribution in [3.63, 3.8) is 0 Å². The van der Waals surface area contributed by atoms with Gasteiger partial charge in [-0.1, -0.05) is 34.8 Å². The van der Waals surface area contributed by atoms with E-state index < -0.39 is 0 Å². The number of nitrogens with one attached hydrogen (secondary N) is 1. The minimum absolute atomic E-state index is 0.293. The van der Waals surface area contributed by atoms with E-state index in [1.165, 1.54) is 43.7 Å². The van der Waals surface area contributed by atoms with Crippen LogP contribution in [0, 0.1) is 0 Å². The number of hydrogen-bond acceptors (Lipinski definition) is 2. The third-order valence-electron chi connectivity index (χ3n) is 4.22. The van der Waals surface area contributed by atoms with Crippen LogP contribution in [-0.2, 0) is 4.74 Å². The van der Waals surface area contributed by atoms with Gasteiger partial charge >= 0.3 is 5.97 Å². The zero-order valence-corrected chi connectivity index (χ0v) is 13.1. The molecule has 0 amide bonds. The molecular formula is C16H18BrNO2. The Morgan fingerprint density at radius 2 is 2.15 bits per heavy atom. The van der Waals surface area contributed by atoms with Gasteiger partial charge in [0.25, 0.3) is 0 Å². The first-order valence-electron chi connectivity index (χ1n) is 7.04. The molecular weight excluding hydrogens is 318 g/mol. The predicted octanol–water partition coefficient (Wildman–Crippen LogP) is 4.38. The van der Waals surface area contributed by atoms with Gasteiger partial charge in [-0.05, 0) is 36.5 Å². The number of benzene rings is 1. The largest absolute Gasteiger partial charge is 0.465 e. The monoisotopic (exact) mass is 335 g/mol. The molecule has 0 spiro atoms. The Labute approximate surface area is 126 Å². The van der Waals surface area contributed by atoms with Crippen LogP contribution in [0.15, 0.2) is 24.4 Å². The minimum atomic E-state index is -0.293. The first-order chi connectivity index (χ1) is 9.70. The van der Waals surface area contributed by atoms with Gasteiger partial charge in [-0.2, -0.15) is 0 Å². The maximum absolute atomic E-state index is 11.6. The van der Waals surface area contributed by atoms with Crippen LogP contribution in [-0.4, -0.2) is 22.9 Å². The van der Waals surface area contributed by atoms with Crippen LogP contribution >= 0.6 is 15.9 Å². The average Bonchev–Trinajstić information content (AvgIpc) is 2.90. The number of aromatic nitrogens is 1. The molecule has 2 atom stereocenters. The molecule has 2 aromatic rings. The van der Waals surface area contributed by atoms with Crippen molar-refractivity contribution >= 4 is 32.8 Å². The number of rotatable bonds is 2. The van der Waals surface area contributed by atoms with E-state index in [0.717, 1.165) is 5.52 Å². The van der Waals surface area contributed by atoms with Crippen LogP contribution in [0.2, 0.25) is 0 Å². The number of halogens is 1. The summed E-state index contributed by atoms with van der Waals surface area (Å²) >= 11 is 3.82. The lowest BCUT2D eigenvalue weighted by atomic mass is 9.84. The summed E-state index contributed by atoms with van der Waals surface area (Å²) < 4.78 is 4.77. The zero-order valence-electron chi connectivity index (χ0n) is 11.5. The molecule has 1 heterocycles. The summed E-state index contributed by atoms with van der Waals surface area (Å²) in [5.41, 5.74) is 2.96. The van der Waals surface area contributed by atoms with E-state index in [-0.39, 0.29) is 5.97 Å². The quantitative estimate of drug-likeness (QED) is 0.653. The van der Waals surface area contributed by atoms with Crippen LogP contribution in [0.3, 0.4) is 0 Å². The van der Waals surface area contributed by atoms with Gasteiger partial charge in [-0.25, -0.2) is 4.79 Å². The third-order valence-corrected chi connectivity index (χ3v) is 5.31. The van der Waals surface area contributed by atoms with Crippen LogP contribution in [0.25, 0.3) is 10.9 Å². The maximum Gasteiger partial charge on any atom is 0.337 e. The minimum Gasteiger partial charge on any atom is -0.465 e. The molecule has 1 aromatic carbocycles. The number of aromatic amines is 1. The molecule has 1 fully saturated rings. The van der Waals surface area contributed by atoms with Crippen molar-refractivity contribution in [3.05, 3.63) is 35.5 Å². The highest BCUT2D eigenvalue weighted by Gasteiger charge is 2.26. The molecule has 2 unspecified atom stereocenters. The van der Waals surface area contributed by atoms with Gasteiger partial charge in [-0.3, -0.25) is 0 Å². The Hall–Kier alpha value is -1.29. The molecule has 3 nitrogen and oxygen atoms in total. The summed E-state index contributed by atoms with van der Waals surface area (Å²) in [7, 11) is 1.41. The Kier molecular flexibility index (Phi) is 3.83. The molecule has 0 radical (unpaired) electrons. The number of H-pyrrole nitrogens is 1. The second-order valence-corrected chi connectivity index (χ2v) is 6.58. The molecule has 1 aliphatic rings. The molecule has 0 bridgehead atoms. The lowest BCUT2D eigenvalue weighted by Gasteiger charge is -2.27. The standard InChI is InChI=1S/C16H18BrNO2/c1-20-16(19)10-6-7-12-13(9-18-15(12)8-10)11-4-2-3-5-14(11)17/h6-9,11,14,18H,2-5H2,1H3. The summed E-state index contributed by atoms with van der Waals surface area (Å²) in [6, 6.07) is 5.75. The lowest BCUT2D eigenvalue weighted by Crippen LogP contribution is -2.16. The molecule has 1 aliphatic carbocycles. The molecule has 0 saturated heterocycles. The second-order valence-electron chi connectivity index (χ2n) is 5.40. The normalized spacial score (nSPS) is 22.9. The van der Waals surface area contributed by atoms with Gasteiger partial charge < -0.3 is 9.72 Å². The fourth-order valence-electron chi connectivity index (χ4n) is 3.14. The number of hydrogen-bond donors (Lipinski definition) is 1. The predicted molar refractivity (Wildman–Crippen MR) is 83.6 cm³/mol.